The molecule has 496 valence electrons. The van der Waals surface area contributed by atoms with E-state index in [1.54, 1.807) is 4.90 Å². The molecule has 0 bridgehead atoms. The van der Waals surface area contributed by atoms with Crippen molar-refractivity contribution in [3.8, 4) is 0 Å². The van der Waals surface area contributed by atoms with Gasteiger partial charge in [-0.1, -0.05) is 60.3 Å². The number of carbonyl (C=O) groups excluding carboxylic acids is 5. The fourth-order valence-corrected chi connectivity index (χ4v) is 10.9. The number of nitrogens with zero attached hydrogens (tertiary/aromatic N) is 3. The minimum atomic E-state index is -1.19. The van der Waals surface area contributed by atoms with Gasteiger partial charge in [-0.3, -0.25) is 24.0 Å². The van der Waals surface area contributed by atoms with Gasteiger partial charge in [-0.15, -0.1) is 0 Å². The Morgan fingerprint density at radius 3 is 1.13 bits per heavy atom. The van der Waals surface area contributed by atoms with Crippen molar-refractivity contribution in [1.29, 1.82) is 0 Å². The van der Waals surface area contributed by atoms with Crippen LogP contribution in [0.1, 0.15) is 99.8 Å². The molecular weight excluding hydrogens is 1130 g/mol. The van der Waals surface area contributed by atoms with Crippen LogP contribution in [0.5, 0.6) is 0 Å². The van der Waals surface area contributed by atoms with Crippen LogP contribution in [0.25, 0.3) is 0 Å². The van der Waals surface area contributed by atoms with Crippen molar-refractivity contribution in [3.05, 3.63) is 0 Å². The number of nitrogens with two attached hydrogens (primary N) is 4. The minimum absolute atomic E-state index is 0.00801. The highest BCUT2D eigenvalue weighted by Crippen LogP contribution is 2.43. The number of hydrogen-bond donors (Lipinski definition) is 10. The average molecular weight is 1230 g/mol. The van der Waals surface area contributed by atoms with Gasteiger partial charge in [0.05, 0.1) is 129 Å². The minimum Gasteiger partial charge on any atom is -0.481 e. The molecule has 0 saturated heterocycles. The van der Waals surface area contributed by atoms with E-state index < -0.39 is 84.2 Å². The SMILES string of the molecule is CCCOCCOCCOCCOCCC(=O)N(CCOCCOCCNC(=O)O[C@H]1[C@@H]([C@H](NC(C)=O)C(CC)CC)[C@H](N=C(N)N)C[C@@H]1C(=O)O)CCOCCOCCNC(=O)O[C@H]1[C@@H]([C@H](NC(C)=O)C(CC)CC)[C@H](N=C(N)N)C[C@@H]1C(=O)O. The lowest BCUT2D eigenvalue weighted by molar-refractivity contribution is -0.146. The Labute approximate surface area is 506 Å². The number of aliphatic carboxylic acids is 2. The summed E-state index contributed by atoms with van der Waals surface area (Å²) in [4.78, 5) is 99.5. The van der Waals surface area contributed by atoms with Crippen LogP contribution in [0.4, 0.5) is 9.59 Å². The summed E-state index contributed by atoms with van der Waals surface area (Å²) in [6.07, 6.45) is -0.438. The van der Waals surface area contributed by atoms with Crippen molar-refractivity contribution in [2.24, 2.45) is 68.4 Å². The zero-order chi connectivity index (χ0) is 63.8. The number of carbonyl (C=O) groups is 7. The predicted molar refractivity (Wildman–Crippen MR) is 316 cm³/mol. The Morgan fingerprint density at radius 1 is 0.488 bits per heavy atom. The summed E-state index contributed by atoms with van der Waals surface area (Å²) < 4.78 is 56.5. The molecule has 0 aromatic rings. The highest BCUT2D eigenvalue weighted by Gasteiger charge is 2.55. The van der Waals surface area contributed by atoms with E-state index in [-0.39, 0.29) is 153 Å². The number of amides is 5. The van der Waals surface area contributed by atoms with Gasteiger partial charge in [0.15, 0.2) is 11.9 Å². The van der Waals surface area contributed by atoms with Gasteiger partial charge in [-0.2, -0.15) is 0 Å². The van der Waals surface area contributed by atoms with Gasteiger partial charge in [-0.05, 0) is 31.1 Å². The lowest BCUT2D eigenvalue weighted by atomic mass is 9.80. The molecule has 86 heavy (non-hydrogen) atoms. The first kappa shape index (κ1) is 76.2. The van der Waals surface area contributed by atoms with E-state index in [2.05, 4.69) is 31.3 Å². The second-order valence-electron chi connectivity index (χ2n) is 21.0. The Hall–Kier alpha value is -5.89. The Morgan fingerprint density at radius 2 is 0.814 bits per heavy atom. The second kappa shape index (κ2) is 44.5. The average Bonchev–Trinajstić information content (AvgIpc) is 2.36. The molecule has 5 amide bonds. The summed E-state index contributed by atoms with van der Waals surface area (Å²) in [5.74, 6) is -7.65. The number of alkyl carbamates (subject to hydrolysis) is 2. The van der Waals surface area contributed by atoms with Gasteiger partial charge in [0.25, 0.3) is 0 Å². The lowest BCUT2D eigenvalue weighted by Gasteiger charge is -2.36. The summed E-state index contributed by atoms with van der Waals surface area (Å²) in [7, 11) is 0. The van der Waals surface area contributed by atoms with Crippen molar-refractivity contribution >= 4 is 53.8 Å². The maximum absolute atomic E-state index is 13.4. The van der Waals surface area contributed by atoms with Gasteiger partial charge < -0.3 is 107 Å². The van der Waals surface area contributed by atoms with E-state index in [0.29, 0.717) is 65.3 Å². The highest BCUT2D eigenvalue weighted by molar-refractivity contribution is 5.79. The molecule has 0 aliphatic heterocycles. The summed E-state index contributed by atoms with van der Waals surface area (Å²) in [6, 6.07) is -2.63. The molecule has 0 heterocycles. The Kier molecular flexibility index (Phi) is 39.5. The number of carboxylic acid groups (broad SMARTS) is 2. The molecule has 30 heteroatoms. The van der Waals surface area contributed by atoms with Crippen LogP contribution in [-0.4, -0.2) is 237 Å². The number of ether oxygens (including phenoxy) is 10. The van der Waals surface area contributed by atoms with E-state index in [0.717, 1.165) is 6.42 Å². The standard InChI is InChI=1S/C56H103N11O19/c1-8-18-77-24-30-83-32-33-84-31-25-78-19-13-44(70)67(16-22-81-28-26-79-20-14-61-55(75)85-49-40(51(71)72)34-42(65-53(57)58)45(49)47(63-36(6)68)38(9-2)10-3)17-23-82-29-27-80-21-15-62-56(76)86-50-41(52(73)74)35-43(66-54(59)60)46(50)48(64-37(7)69)39(11-4)12-5/h38-43,45-50H,8-35H2,1-7H3,(H,61,75)(H,62,76)(H,63,68)(H,64,69)(H,71,72)(H,73,74)(H4,57,58,65)(H4,59,60,66)/t40-,41-,42+,43+,45+,46+,47+,48+,49+,50+/m0/s1. The number of hydrogen-bond acceptors (Lipinski definition) is 19. The van der Waals surface area contributed by atoms with Gasteiger partial charge in [-0.25, -0.2) is 19.6 Å². The largest absolute Gasteiger partial charge is 0.481 e. The maximum Gasteiger partial charge on any atom is 0.407 e. The van der Waals surface area contributed by atoms with Gasteiger partial charge >= 0.3 is 24.1 Å². The van der Waals surface area contributed by atoms with Crippen molar-refractivity contribution in [3.63, 3.8) is 0 Å². The summed E-state index contributed by atoms with van der Waals surface area (Å²) in [5, 5.41) is 31.4. The molecule has 30 nitrogen and oxygen atoms in total. The molecule has 2 rings (SSSR count). The molecule has 2 aliphatic rings. The van der Waals surface area contributed by atoms with Crippen molar-refractivity contribution in [2.75, 3.05) is 132 Å². The number of carboxylic acids is 2. The molecule has 10 atom stereocenters. The summed E-state index contributed by atoms with van der Waals surface area (Å²) in [5.41, 5.74) is 22.9. The third-order valence-corrected chi connectivity index (χ3v) is 14.9. The van der Waals surface area contributed by atoms with Crippen LogP contribution in [-0.2, 0) is 71.3 Å². The fourth-order valence-electron chi connectivity index (χ4n) is 10.9. The molecule has 2 fully saturated rings. The summed E-state index contributed by atoms with van der Waals surface area (Å²) in [6.45, 7) is 17.4. The van der Waals surface area contributed by atoms with E-state index in [9.17, 15) is 43.8 Å². The monoisotopic (exact) mass is 1230 g/mol. The molecular formula is C56H103N11O19. The number of guanidine groups is 2. The third-order valence-electron chi connectivity index (χ3n) is 14.9. The molecule has 14 N–H and O–H groups in total. The molecule has 0 aromatic heterocycles. The molecule has 0 unspecified atom stereocenters. The van der Waals surface area contributed by atoms with Gasteiger partial charge in [0.1, 0.15) is 12.2 Å². The smallest absolute Gasteiger partial charge is 0.407 e. The lowest BCUT2D eigenvalue weighted by Crippen LogP contribution is -2.52. The zero-order valence-electron chi connectivity index (χ0n) is 51.7. The van der Waals surface area contributed by atoms with Gasteiger partial charge in [0, 0.05) is 70.6 Å². The van der Waals surface area contributed by atoms with E-state index in [4.69, 9.17) is 70.3 Å². The second-order valence-corrected chi connectivity index (χ2v) is 21.0. The molecule has 0 radical (unpaired) electrons. The van der Waals surface area contributed by atoms with Crippen molar-refractivity contribution in [2.45, 2.75) is 136 Å². The molecule has 0 spiro atoms. The van der Waals surface area contributed by atoms with Crippen LogP contribution in [0.2, 0.25) is 0 Å². The normalized spacial score (nSPS) is 20.6. The Bertz CT molecular complexity index is 1910. The predicted octanol–water partition coefficient (Wildman–Crippen LogP) is 0.545. The van der Waals surface area contributed by atoms with Crippen molar-refractivity contribution < 1.29 is 91.1 Å². The first-order valence-electron chi connectivity index (χ1n) is 30.2. The van der Waals surface area contributed by atoms with Crippen LogP contribution in [0.3, 0.4) is 0 Å². The fraction of sp³-hybridized carbons (Fsp3) is 0.839. The van der Waals surface area contributed by atoms with Crippen LogP contribution in [0.15, 0.2) is 9.98 Å². The first-order valence-corrected chi connectivity index (χ1v) is 30.2. The van der Waals surface area contributed by atoms with Crippen molar-refractivity contribution in [1.82, 2.24) is 26.2 Å². The number of nitrogens with one attached hydrogen (secondary N) is 4. The van der Waals surface area contributed by atoms with Gasteiger partial charge in [0.2, 0.25) is 17.7 Å². The summed E-state index contributed by atoms with van der Waals surface area (Å²) >= 11 is 0. The van der Waals surface area contributed by atoms with E-state index in [1.165, 1.54) is 13.8 Å². The first-order chi connectivity index (χ1) is 41.2. The highest BCUT2D eigenvalue weighted by atomic mass is 16.6. The van der Waals surface area contributed by atoms with Crippen LogP contribution in [0, 0.1) is 35.5 Å². The van der Waals surface area contributed by atoms with E-state index in [1.807, 2.05) is 34.6 Å². The molecule has 2 saturated carbocycles. The quantitative estimate of drug-likeness (QED) is 0.0226. The molecule has 2 aliphatic carbocycles. The van der Waals surface area contributed by atoms with Crippen LogP contribution >= 0.6 is 0 Å². The maximum atomic E-state index is 13.4. The van der Waals surface area contributed by atoms with Crippen LogP contribution < -0.4 is 44.2 Å². The number of aliphatic imine (C=N–C) groups is 2. The van der Waals surface area contributed by atoms with E-state index >= 15 is 0 Å². The zero-order valence-corrected chi connectivity index (χ0v) is 51.7. The molecule has 0 aromatic carbocycles. The Balaban J connectivity index is 1.90. The number of rotatable bonds is 48. The topological polar surface area (TPSA) is 432 Å². The third kappa shape index (κ3) is 29.7.